The van der Waals surface area contributed by atoms with Crippen LogP contribution < -0.4 is 5.32 Å². The van der Waals surface area contributed by atoms with Gasteiger partial charge >= 0.3 is 0 Å². The lowest BCUT2D eigenvalue weighted by Crippen LogP contribution is -2.27. The first-order valence-electron chi connectivity index (χ1n) is 6.41. The van der Waals surface area contributed by atoms with Crippen molar-refractivity contribution < 1.29 is 9.18 Å². The number of hydrogen-bond donors (Lipinski definition) is 1. The first kappa shape index (κ1) is 16.0. The lowest BCUT2D eigenvalue weighted by Gasteiger charge is -2.15. The van der Waals surface area contributed by atoms with Crippen LogP contribution in [0.25, 0.3) is 0 Å². The third-order valence-electron chi connectivity index (χ3n) is 3.16. The summed E-state index contributed by atoms with van der Waals surface area (Å²) in [6, 6.07) is 12.3. The van der Waals surface area contributed by atoms with Gasteiger partial charge in [0.05, 0.1) is 16.1 Å². The molecule has 110 valence electrons. The van der Waals surface area contributed by atoms with Crippen LogP contribution in [-0.4, -0.2) is 12.2 Å². The predicted molar refractivity (Wildman–Crippen MR) is 88.2 cm³/mol. The van der Waals surface area contributed by atoms with Crippen LogP contribution >= 0.6 is 27.7 Å². The van der Waals surface area contributed by atoms with Crippen LogP contribution in [0.5, 0.6) is 0 Å². The molecule has 21 heavy (non-hydrogen) atoms. The summed E-state index contributed by atoms with van der Waals surface area (Å²) < 4.78 is 13.6. The SMILES string of the molecule is CSc1ccc(C(C)NC(=O)c2cccc(F)c2Br)cc1. The fourth-order valence-electron chi connectivity index (χ4n) is 1.93. The zero-order chi connectivity index (χ0) is 15.4. The molecule has 0 fully saturated rings. The van der Waals surface area contributed by atoms with E-state index in [4.69, 9.17) is 0 Å². The van der Waals surface area contributed by atoms with Gasteiger partial charge in [0, 0.05) is 4.90 Å². The van der Waals surface area contributed by atoms with E-state index in [9.17, 15) is 9.18 Å². The Balaban J connectivity index is 2.12. The van der Waals surface area contributed by atoms with Gasteiger partial charge < -0.3 is 5.32 Å². The Hall–Kier alpha value is -1.33. The van der Waals surface area contributed by atoms with E-state index in [1.165, 1.54) is 17.0 Å². The van der Waals surface area contributed by atoms with Crippen LogP contribution in [0.1, 0.15) is 28.9 Å². The van der Waals surface area contributed by atoms with E-state index in [1.54, 1.807) is 17.8 Å². The Morgan fingerprint density at radius 1 is 1.24 bits per heavy atom. The average Bonchev–Trinajstić information content (AvgIpc) is 2.50. The molecule has 0 saturated heterocycles. The van der Waals surface area contributed by atoms with Gasteiger partial charge in [-0.2, -0.15) is 0 Å². The second-order valence-corrected chi connectivity index (χ2v) is 6.24. The second kappa shape index (κ2) is 7.09. The third kappa shape index (κ3) is 3.86. The number of thioether (sulfide) groups is 1. The van der Waals surface area contributed by atoms with Crippen molar-refractivity contribution in [2.24, 2.45) is 0 Å². The maximum Gasteiger partial charge on any atom is 0.253 e. The van der Waals surface area contributed by atoms with Crippen molar-refractivity contribution in [3.63, 3.8) is 0 Å². The number of halogens is 2. The largest absolute Gasteiger partial charge is 0.345 e. The molecule has 0 radical (unpaired) electrons. The van der Waals surface area contributed by atoms with E-state index in [-0.39, 0.29) is 16.4 Å². The fraction of sp³-hybridized carbons (Fsp3) is 0.188. The number of rotatable bonds is 4. The molecule has 2 aromatic rings. The van der Waals surface area contributed by atoms with Gasteiger partial charge in [-0.1, -0.05) is 18.2 Å². The summed E-state index contributed by atoms with van der Waals surface area (Å²) in [7, 11) is 0. The van der Waals surface area contributed by atoms with Crippen molar-refractivity contribution in [1.29, 1.82) is 0 Å². The Kier molecular flexibility index (Phi) is 5.42. The molecule has 0 spiro atoms. The molecule has 0 bridgehead atoms. The highest BCUT2D eigenvalue weighted by atomic mass is 79.9. The van der Waals surface area contributed by atoms with Gasteiger partial charge in [0.2, 0.25) is 0 Å². The van der Waals surface area contributed by atoms with E-state index < -0.39 is 5.82 Å². The topological polar surface area (TPSA) is 29.1 Å². The monoisotopic (exact) mass is 367 g/mol. The van der Waals surface area contributed by atoms with Gasteiger partial charge in [0.15, 0.2) is 0 Å². The van der Waals surface area contributed by atoms with E-state index in [2.05, 4.69) is 21.2 Å². The van der Waals surface area contributed by atoms with Crippen LogP contribution in [0.3, 0.4) is 0 Å². The summed E-state index contributed by atoms with van der Waals surface area (Å²) in [5.74, 6) is -0.748. The molecule has 0 saturated carbocycles. The zero-order valence-corrected chi connectivity index (χ0v) is 14.1. The van der Waals surface area contributed by atoms with Crippen molar-refractivity contribution in [2.75, 3.05) is 6.26 Å². The molecule has 1 amide bonds. The van der Waals surface area contributed by atoms with E-state index >= 15 is 0 Å². The minimum atomic E-state index is -0.445. The number of benzene rings is 2. The molecule has 0 aliphatic carbocycles. The number of hydrogen-bond acceptors (Lipinski definition) is 2. The third-order valence-corrected chi connectivity index (χ3v) is 4.71. The zero-order valence-electron chi connectivity index (χ0n) is 11.7. The van der Waals surface area contributed by atoms with E-state index in [0.29, 0.717) is 5.56 Å². The maximum atomic E-state index is 13.5. The van der Waals surface area contributed by atoms with E-state index in [0.717, 1.165) is 5.56 Å². The molecule has 1 unspecified atom stereocenters. The number of carbonyl (C=O) groups is 1. The highest BCUT2D eigenvalue weighted by Gasteiger charge is 2.15. The molecule has 1 atom stereocenters. The normalized spacial score (nSPS) is 12.0. The molecule has 2 aromatic carbocycles. The molecule has 5 heteroatoms. The van der Waals surface area contributed by atoms with Crippen LogP contribution in [-0.2, 0) is 0 Å². The minimum absolute atomic E-state index is 0.149. The van der Waals surface area contributed by atoms with Gasteiger partial charge in [0.1, 0.15) is 5.82 Å². The van der Waals surface area contributed by atoms with Crippen molar-refractivity contribution in [3.05, 3.63) is 63.9 Å². The van der Waals surface area contributed by atoms with Crippen molar-refractivity contribution >= 4 is 33.6 Å². The average molecular weight is 368 g/mol. The summed E-state index contributed by atoms with van der Waals surface area (Å²) in [5, 5.41) is 2.88. The molecular formula is C16H15BrFNOS. The van der Waals surface area contributed by atoms with Gasteiger partial charge in [-0.05, 0) is 58.9 Å². The molecule has 2 nitrogen and oxygen atoms in total. The highest BCUT2D eigenvalue weighted by molar-refractivity contribution is 9.10. The van der Waals surface area contributed by atoms with Crippen LogP contribution in [0.4, 0.5) is 4.39 Å². The summed E-state index contributed by atoms with van der Waals surface area (Å²) >= 11 is 4.78. The number of carbonyl (C=O) groups excluding carboxylic acids is 1. The lowest BCUT2D eigenvalue weighted by molar-refractivity contribution is 0.0938. The molecule has 0 aliphatic rings. The Morgan fingerprint density at radius 3 is 2.52 bits per heavy atom. The van der Waals surface area contributed by atoms with Gasteiger partial charge in [0.25, 0.3) is 5.91 Å². The summed E-state index contributed by atoms with van der Waals surface area (Å²) in [6.45, 7) is 1.90. The van der Waals surface area contributed by atoms with Crippen LogP contribution in [0.2, 0.25) is 0 Å². The second-order valence-electron chi connectivity index (χ2n) is 4.57. The van der Waals surface area contributed by atoms with Gasteiger partial charge in [-0.15, -0.1) is 11.8 Å². The predicted octanol–water partition coefficient (Wildman–Crippen LogP) is 4.80. The molecule has 1 N–H and O–H groups in total. The standard InChI is InChI=1S/C16H15BrFNOS/c1-10(11-6-8-12(21-2)9-7-11)19-16(20)13-4-3-5-14(18)15(13)17/h3-10H,1-2H3,(H,19,20). The van der Waals surface area contributed by atoms with E-state index in [1.807, 2.05) is 37.4 Å². The number of nitrogens with one attached hydrogen (secondary N) is 1. The fourth-order valence-corrected chi connectivity index (χ4v) is 2.78. The molecule has 0 aromatic heterocycles. The number of amides is 1. The Labute approximate surface area is 136 Å². The quantitative estimate of drug-likeness (QED) is 0.786. The molecule has 0 aliphatic heterocycles. The molecule has 0 heterocycles. The first-order valence-corrected chi connectivity index (χ1v) is 8.43. The van der Waals surface area contributed by atoms with Crippen molar-refractivity contribution in [2.45, 2.75) is 17.9 Å². The minimum Gasteiger partial charge on any atom is -0.345 e. The summed E-state index contributed by atoms with van der Waals surface area (Å²) in [6.07, 6.45) is 2.02. The smallest absolute Gasteiger partial charge is 0.253 e. The molecule has 2 rings (SSSR count). The van der Waals surface area contributed by atoms with Gasteiger partial charge in [-0.3, -0.25) is 4.79 Å². The first-order chi connectivity index (χ1) is 10.0. The van der Waals surface area contributed by atoms with Gasteiger partial charge in [-0.25, -0.2) is 4.39 Å². The molecular weight excluding hydrogens is 353 g/mol. The van der Waals surface area contributed by atoms with Crippen molar-refractivity contribution in [1.82, 2.24) is 5.32 Å². The van der Waals surface area contributed by atoms with Crippen molar-refractivity contribution in [3.8, 4) is 0 Å². The lowest BCUT2D eigenvalue weighted by atomic mass is 10.1. The summed E-state index contributed by atoms with van der Waals surface area (Å²) in [4.78, 5) is 13.4. The van der Waals surface area contributed by atoms with Crippen LogP contribution in [0.15, 0.2) is 51.8 Å². The highest BCUT2D eigenvalue weighted by Crippen LogP contribution is 2.22. The maximum absolute atomic E-state index is 13.5. The summed E-state index contributed by atoms with van der Waals surface area (Å²) in [5.41, 5.74) is 1.30. The van der Waals surface area contributed by atoms with Crippen LogP contribution in [0, 0.1) is 5.82 Å². The Bertz CT molecular complexity index is 645. The Morgan fingerprint density at radius 2 is 1.90 bits per heavy atom.